The van der Waals surface area contributed by atoms with Crippen LogP contribution >= 0.6 is 11.3 Å². The number of piperidine rings is 1. The Morgan fingerprint density at radius 1 is 0.889 bits per heavy atom. The molecule has 3 aromatic carbocycles. The van der Waals surface area contributed by atoms with Gasteiger partial charge in [-0.2, -0.15) is 0 Å². The molecule has 1 fully saturated rings. The lowest BCUT2D eigenvalue weighted by molar-refractivity contribution is -0.688. The fourth-order valence-corrected chi connectivity index (χ4v) is 12.9. The van der Waals surface area contributed by atoms with E-state index in [9.17, 15) is 35.8 Å². The summed E-state index contributed by atoms with van der Waals surface area (Å²) in [5, 5.41) is 12.3. The number of fused-ring (bicyclic) bond motifs is 2. The van der Waals surface area contributed by atoms with Gasteiger partial charge in [0.15, 0.2) is 5.13 Å². The molecule has 2 aromatic heterocycles. The third kappa shape index (κ3) is 15.1. The number of likely N-dealkylation sites (tertiary alicyclic amines) is 1. The molecule has 3 amide bonds. The van der Waals surface area contributed by atoms with Gasteiger partial charge >= 0.3 is 0 Å². The van der Waals surface area contributed by atoms with E-state index in [1.54, 1.807) is 5.38 Å². The number of anilines is 2. The first-order valence-corrected chi connectivity index (χ1v) is 31.3. The van der Waals surface area contributed by atoms with Crippen LogP contribution in [0.1, 0.15) is 76.8 Å². The highest BCUT2D eigenvalue weighted by atomic mass is 32.2. The van der Waals surface area contributed by atoms with Gasteiger partial charge in [0.25, 0.3) is 0 Å². The molecule has 0 spiro atoms. The summed E-state index contributed by atoms with van der Waals surface area (Å²) < 4.78 is 83.1. The van der Waals surface area contributed by atoms with Gasteiger partial charge in [0.05, 0.1) is 35.0 Å². The van der Waals surface area contributed by atoms with Crippen molar-refractivity contribution < 1.29 is 44.8 Å². The number of hydrogen-bond acceptors (Lipinski definition) is 14. The van der Waals surface area contributed by atoms with Crippen LogP contribution in [0.25, 0.3) is 33.4 Å². The summed E-state index contributed by atoms with van der Waals surface area (Å²) in [6.07, 6.45) is 5.78. The van der Waals surface area contributed by atoms with E-state index in [2.05, 4.69) is 40.0 Å². The second-order valence-corrected chi connectivity index (χ2v) is 24.5. The molecule has 2 atom stereocenters. The number of nitrogens with one attached hydrogen (secondary N) is 4. The molecular weight excluding hydrogens is 1090 g/mol. The van der Waals surface area contributed by atoms with Crippen molar-refractivity contribution in [3.63, 3.8) is 0 Å². The maximum absolute atomic E-state index is 14.5. The Bertz CT molecular complexity index is 3620. The van der Waals surface area contributed by atoms with Crippen LogP contribution in [0.4, 0.5) is 10.8 Å². The van der Waals surface area contributed by atoms with E-state index < -0.39 is 53.8 Å². The highest BCUT2D eigenvalue weighted by Crippen LogP contribution is 2.43. The minimum atomic E-state index is -5.29. The molecule has 2 aliphatic heterocycles. The molecule has 23 heteroatoms. The number of benzene rings is 4. The number of sulfonamides is 1. The van der Waals surface area contributed by atoms with Crippen LogP contribution in [0.15, 0.2) is 117 Å². The molecule has 20 nitrogen and oxygen atoms in total. The normalized spacial score (nSPS) is 14.2. The number of nitrogens with two attached hydrogens (primary N) is 1. The van der Waals surface area contributed by atoms with Crippen LogP contribution in [0.5, 0.6) is 0 Å². The Balaban J connectivity index is 1.02. The van der Waals surface area contributed by atoms with Gasteiger partial charge in [-0.1, -0.05) is 36.4 Å². The van der Waals surface area contributed by atoms with Gasteiger partial charge in [-0.05, 0) is 116 Å². The Kier molecular flexibility index (Phi) is 19.8. The quantitative estimate of drug-likeness (QED) is 0.0227. The third-order valence-corrected chi connectivity index (χ3v) is 18.0. The first kappa shape index (κ1) is 60.1. The summed E-state index contributed by atoms with van der Waals surface area (Å²) in [4.78, 5) is 49.6. The van der Waals surface area contributed by atoms with Crippen LogP contribution < -0.4 is 45.8 Å². The lowest BCUT2D eigenvalue weighted by atomic mass is 9.93. The van der Waals surface area contributed by atoms with Crippen molar-refractivity contribution in [3.05, 3.63) is 125 Å². The van der Waals surface area contributed by atoms with E-state index in [0.717, 1.165) is 80.5 Å². The second-order valence-electron chi connectivity index (χ2n) is 20.5. The number of aromatic nitrogens is 3. The number of nitrogen functional groups attached to an aromatic ring is 1. The summed E-state index contributed by atoms with van der Waals surface area (Å²) in [7, 11) is -5.81. The molecule has 8 rings (SSSR count). The van der Waals surface area contributed by atoms with Gasteiger partial charge in [0.1, 0.15) is 65.1 Å². The largest absolute Gasteiger partial charge is 0.744 e. The number of amides is 3. The van der Waals surface area contributed by atoms with Gasteiger partial charge in [-0.15, -0.1) is 11.3 Å². The number of carbonyl (C=O) groups excluding carboxylic acids is 3. The second kappa shape index (κ2) is 26.7. The first-order chi connectivity index (χ1) is 38.8. The van der Waals surface area contributed by atoms with Crippen LogP contribution in [0.3, 0.4) is 0 Å². The van der Waals surface area contributed by atoms with Crippen molar-refractivity contribution in [1.82, 2.24) is 39.7 Å². The van der Waals surface area contributed by atoms with Crippen LogP contribution in [-0.4, -0.2) is 125 Å². The maximum Gasteiger partial charge on any atom is 0.244 e. The van der Waals surface area contributed by atoms with Crippen molar-refractivity contribution >= 4 is 71.0 Å². The lowest BCUT2D eigenvalue weighted by Gasteiger charge is -2.31. The molecule has 432 valence electrons. The Labute approximate surface area is 478 Å². The summed E-state index contributed by atoms with van der Waals surface area (Å²) in [5.74, 6) is -1.03. The number of nitrogens with zero attached hydrogens (tertiary/aromatic N) is 6. The van der Waals surface area contributed by atoms with E-state index >= 15 is 0 Å². The molecule has 0 bridgehead atoms. The molecule has 4 heterocycles. The zero-order chi connectivity index (χ0) is 58.0. The van der Waals surface area contributed by atoms with Crippen molar-refractivity contribution in [1.29, 1.82) is 0 Å². The average Bonchev–Trinajstić information content (AvgIpc) is 3.70. The predicted molar refractivity (Wildman–Crippen MR) is 313 cm³/mol. The summed E-state index contributed by atoms with van der Waals surface area (Å²) in [6, 6.07) is 22.4. The number of thiazole rings is 1. The van der Waals surface area contributed by atoms with Gasteiger partial charge < -0.3 is 40.5 Å². The summed E-state index contributed by atoms with van der Waals surface area (Å²) in [6.45, 7) is 13.1. The predicted octanol–water partition coefficient (Wildman–Crippen LogP) is 4.59. The molecule has 81 heavy (non-hydrogen) atoms. The van der Waals surface area contributed by atoms with Crippen molar-refractivity contribution in [2.45, 2.75) is 107 Å². The Morgan fingerprint density at radius 2 is 1.62 bits per heavy atom. The Hall–Kier alpha value is -7.02. The molecule has 1 saturated heterocycles. The van der Waals surface area contributed by atoms with E-state index in [4.69, 9.17) is 10.2 Å². The standard InChI is InChI=1S/C58H73N11O9S3/c1-7-68(8-2)42-19-22-46-51(32-42)78-52-33-43(69(9-3)10-4)20-23-47(52)55(46)48-24-21-45(34-53(48)81(75,76)77)80(73,74)60-27-15-14-18-49(63-54(70)30-41-37-79-58(59)62-41)56(71)64-50(57(72)61-40-25-28-65(5)29-26-40)31-44-36-67(38-66(44)6)35-39-16-12-11-13-17-39/h11-13,16-17,19-24,32-34,36-38,40,49-50,60H,7-10,14-15,18,25-31,35H2,1-6H3,(H4-2,59,61,62,63,64,70,71,72,75,76,77)/p+1/t49-,50-/m0/s1. The van der Waals surface area contributed by atoms with E-state index in [1.807, 2.05) is 130 Å². The number of imidazole rings is 1. The van der Waals surface area contributed by atoms with E-state index in [1.165, 1.54) is 23.5 Å². The molecule has 3 aliphatic rings. The highest BCUT2D eigenvalue weighted by Gasteiger charge is 2.32. The van der Waals surface area contributed by atoms with Gasteiger partial charge in [-0.25, -0.2) is 40.3 Å². The molecule has 0 unspecified atom stereocenters. The average molecular weight is 1170 g/mol. The molecule has 5 aromatic rings. The first-order valence-electron chi connectivity index (χ1n) is 27.6. The molecule has 0 radical (unpaired) electrons. The zero-order valence-electron chi connectivity index (χ0n) is 46.8. The number of aryl methyl sites for hydroxylation is 1. The number of carbonyl (C=O) groups is 3. The highest BCUT2D eigenvalue weighted by molar-refractivity contribution is 7.89. The summed E-state index contributed by atoms with van der Waals surface area (Å²) >= 11 is 1.18. The van der Waals surface area contributed by atoms with Crippen LogP contribution in [-0.2, 0) is 61.0 Å². The number of hydrogen-bond donors (Lipinski definition) is 5. The smallest absolute Gasteiger partial charge is 0.244 e. The minimum absolute atomic E-state index is 0.0161. The lowest BCUT2D eigenvalue weighted by Crippen LogP contribution is -2.56. The van der Waals surface area contributed by atoms with Gasteiger partial charge in [0.2, 0.25) is 39.4 Å². The fourth-order valence-electron chi connectivity index (χ4n) is 10.5. The summed E-state index contributed by atoms with van der Waals surface area (Å²) in [5.41, 5.74) is 10.4. The molecular formula is C58H74N11O9S3+. The third-order valence-electron chi connectivity index (χ3n) is 14.9. The maximum atomic E-state index is 14.5. The Morgan fingerprint density at radius 3 is 2.30 bits per heavy atom. The van der Waals surface area contributed by atoms with Crippen molar-refractivity contribution in [3.8, 4) is 22.5 Å². The molecule has 6 N–H and O–H groups in total. The number of unbranched alkanes of at least 4 members (excludes halogenated alkanes) is 1. The van der Waals surface area contributed by atoms with Crippen LogP contribution in [0.2, 0.25) is 0 Å². The molecule has 0 saturated carbocycles. The van der Waals surface area contributed by atoms with Gasteiger partial charge in [-0.3, -0.25) is 14.4 Å². The van der Waals surface area contributed by atoms with Crippen LogP contribution in [0, 0.1) is 0 Å². The fraction of sp³-hybridized carbons (Fsp3) is 0.414. The topological polar surface area (TPSA) is 261 Å². The monoisotopic (exact) mass is 1160 g/mol. The SMILES string of the molecule is CCN(CC)c1ccc2c(-c3ccc(S(=O)(=O)NCCCC[C@H](NC(=O)Cc4csc(N)n4)C(=O)N[C@@H](Cc4c[n+](Cc5ccccc5)cn4C)C(=O)NC4CCN(C)CC4)cc3S(=O)(=O)[O-])c3ccc(=[N+](CC)CC)cc-3oc2c1. The minimum Gasteiger partial charge on any atom is -0.744 e. The van der Waals surface area contributed by atoms with Gasteiger partial charge in [0, 0.05) is 77.4 Å². The number of rotatable bonds is 25. The molecule has 1 aliphatic carbocycles. The van der Waals surface area contributed by atoms with E-state index in [0.29, 0.717) is 40.1 Å². The van der Waals surface area contributed by atoms with E-state index in [-0.39, 0.29) is 61.3 Å². The van der Waals surface area contributed by atoms with Crippen molar-refractivity contribution in [2.75, 3.05) is 63.5 Å². The van der Waals surface area contributed by atoms with Crippen molar-refractivity contribution in [2.24, 2.45) is 7.05 Å². The zero-order valence-corrected chi connectivity index (χ0v) is 49.3.